The van der Waals surface area contributed by atoms with Crippen molar-refractivity contribution in [1.82, 2.24) is 4.98 Å². The first-order valence-electron chi connectivity index (χ1n) is 6.57. The Balaban J connectivity index is 0.00000137. The summed E-state index contributed by atoms with van der Waals surface area (Å²) in [5, 5.41) is 0.242. The number of anilines is 1. The van der Waals surface area contributed by atoms with Crippen molar-refractivity contribution in [2.45, 2.75) is 59.4 Å². The van der Waals surface area contributed by atoms with Gasteiger partial charge >= 0.3 is 0 Å². The highest BCUT2D eigenvalue weighted by atomic mass is 28.4. The van der Waals surface area contributed by atoms with Crippen LogP contribution in [0.15, 0.2) is 18.3 Å². The van der Waals surface area contributed by atoms with Crippen molar-refractivity contribution in [3.63, 3.8) is 0 Å². The molecule has 0 bridgehead atoms. The summed E-state index contributed by atoms with van der Waals surface area (Å²) >= 11 is 0. The molecule has 0 atom stereocenters. The summed E-state index contributed by atoms with van der Waals surface area (Å²) < 4.78 is 6.09. The minimum absolute atomic E-state index is 0.242. The van der Waals surface area contributed by atoms with Gasteiger partial charge in [-0.3, -0.25) is 0 Å². The third-order valence-electron chi connectivity index (χ3n) is 3.25. The summed E-state index contributed by atoms with van der Waals surface area (Å²) in [4.78, 5) is 3.97. The Bertz CT molecular complexity index is 359. The van der Waals surface area contributed by atoms with Crippen LogP contribution in [-0.4, -0.2) is 13.3 Å². The molecular formula is C14H28N2OSi. The van der Waals surface area contributed by atoms with E-state index < -0.39 is 8.32 Å². The van der Waals surface area contributed by atoms with E-state index in [1.165, 1.54) is 0 Å². The molecule has 1 aromatic heterocycles. The molecule has 0 aliphatic rings. The molecule has 0 spiro atoms. The zero-order valence-electron chi connectivity index (χ0n) is 12.9. The van der Waals surface area contributed by atoms with Gasteiger partial charge in [0.1, 0.15) is 5.82 Å². The Morgan fingerprint density at radius 3 is 2.28 bits per heavy atom. The first-order valence-corrected chi connectivity index (χ1v) is 9.47. The molecule has 4 heteroatoms. The van der Waals surface area contributed by atoms with Crippen molar-refractivity contribution >= 4 is 14.1 Å². The molecule has 0 saturated heterocycles. The van der Waals surface area contributed by atoms with E-state index in [-0.39, 0.29) is 5.04 Å². The summed E-state index contributed by atoms with van der Waals surface area (Å²) in [6.07, 6.45) is 1.72. The van der Waals surface area contributed by atoms with Crippen LogP contribution in [-0.2, 0) is 11.0 Å². The molecule has 1 aromatic rings. The molecule has 1 rings (SSSR count). The second-order valence-electron chi connectivity index (χ2n) is 5.64. The fraction of sp³-hybridized carbons (Fsp3) is 0.643. The minimum Gasteiger partial charge on any atom is -0.413 e. The lowest BCUT2D eigenvalue weighted by atomic mass is 10.2. The maximum Gasteiger partial charge on any atom is 0.192 e. The molecule has 0 radical (unpaired) electrons. The summed E-state index contributed by atoms with van der Waals surface area (Å²) in [6.45, 7) is 15.8. The van der Waals surface area contributed by atoms with Crippen LogP contribution in [0.25, 0.3) is 0 Å². The van der Waals surface area contributed by atoms with Crippen LogP contribution < -0.4 is 5.73 Å². The lowest BCUT2D eigenvalue weighted by molar-refractivity contribution is 0.276. The van der Waals surface area contributed by atoms with Crippen molar-refractivity contribution in [3.05, 3.63) is 23.9 Å². The maximum absolute atomic E-state index is 6.09. The van der Waals surface area contributed by atoms with Crippen molar-refractivity contribution < 1.29 is 4.43 Å². The van der Waals surface area contributed by atoms with Gasteiger partial charge in [0, 0.05) is 6.20 Å². The molecule has 0 saturated carbocycles. The van der Waals surface area contributed by atoms with Crippen LogP contribution >= 0.6 is 0 Å². The second-order valence-corrected chi connectivity index (χ2v) is 10.4. The molecule has 1 heterocycles. The van der Waals surface area contributed by atoms with Crippen molar-refractivity contribution in [3.8, 4) is 0 Å². The Labute approximate surface area is 113 Å². The van der Waals surface area contributed by atoms with Gasteiger partial charge in [-0.05, 0) is 35.8 Å². The SMILES string of the molecule is CC.CC(C)(C)[Si](C)(C)OCc1ccnc(N)c1. The molecule has 0 aromatic carbocycles. The lowest BCUT2D eigenvalue weighted by Gasteiger charge is -2.36. The Morgan fingerprint density at radius 1 is 1.28 bits per heavy atom. The topological polar surface area (TPSA) is 48.1 Å². The van der Waals surface area contributed by atoms with Crippen LogP contribution in [0.1, 0.15) is 40.2 Å². The molecule has 0 aliphatic carbocycles. The maximum atomic E-state index is 6.09. The third kappa shape index (κ3) is 5.19. The highest BCUT2D eigenvalue weighted by Crippen LogP contribution is 2.37. The first kappa shape index (κ1) is 17.1. The highest BCUT2D eigenvalue weighted by Gasteiger charge is 2.36. The lowest BCUT2D eigenvalue weighted by Crippen LogP contribution is -2.40. The van der Waals surface area contributed by atoms with Gasteiger partial charge in [-0.15, -0.1) is 0 Å². The summed E-state index contributed by atoms with van der Waals surface area (Å²) in [6, 6.07) is 3.82. The molecule has 3 nitrogen and oxygen atoms in total. The zero-order valence-corrected chi connectivity index (χ0v) is 13.9. The predicted octanol–water partition coefficient (Wildman–Crippen LogP) is 4.21. The monoisotopic (exact) mass is 268 g/mol. The van der Waals surface area contributed by atoms with Gasteiger partial charge in [0.15, 0.2) is 8.32 Å². The molecule has 18 heavy (non-hydrogen) atoms. The first-order chi connectivity index (χ1) is 8.22. The molecule has 0 unspecified atom stereocenters. The van der Waals surface area contributed by atoms with Gasteiger partial charge in [-0.25, -0.2) is 4.98 Å². The third-order valence-corrected chi connectivity index (χ3v) is 7.73. The van der Waals surface area contributed by atoms with Gasteiger partial charge in [0.25, 0.3) is 0 Å². The van der Waals surface area contributed by atoms with Gasteiger partial charge in [0.05, 0.1) is 6.61 Å². The molecule has 0 aliphatic heterocycles. The van der Waals surface area contributed by atoms with E-state index in [1.54, 1.807) is 6.20 Å². The van der Waals surface area contributed by atoms with E-state index in [2.05, 4.69) is 38.8 Å². The zero-order chi connectivity index (χ0) is 14.4. The minimum atomic E-state index is -1.67. The van der Waals surface area contributed by atoms with Gasteiger partial charge in [-0.2, -0.15) is 0 Å². The summed E-state index contributed by atoms with van der Waals surface area (Å²) in [5.74, 6) is 0.552. The number of aromatic nitrogens is 1. The van der Waals surface area contributed by atoms with Crippen molar-refractivity contribution in [2.24, 2.45) is 0 Å². The Kier molecular flexibility index (Phi) is 6.56. The van der Waals surface area contributed by atoms with E-state index in [9.17, 15) is 0 Å². The average molecular weight is 268 g/mol. The van der Waals surface area contributed by atoms with Gasteiger partial charge in [0.2, 0.25) is 0 Å². The number of pyridine rings is 1. The van der Waals surface area contributed by atoms with E-state index in [0.29, 0.717) is 12.4 Å². The molecule has 0 fully saturated rings. The number of nitrogen functional groups attached to an aromatic ring is 1. The average Bonchev–Trinajstić information content (AvgIpc) is 2.28. The van der Waals surface area contributed by atoms with E-state index in [0.717, 1.165) is 5.56 Å². The molecule has 2 N–H and O–H groups in total. The van der Waals surface area contributed by atoms with Gasteiger partial charge in [-0.1, -0.05) is 34.6 Å². The largest absolute Gasteiger partial charge is 0.413 e. The number of hydrogen-bond donors (Lipinski definition) is 1. The summed E-state index contributed by atoms with van der Waals surface area (Å²) in [7, 11) is -1.67. The standard InChI is InChI=1S/C12H22N2OSi.C2H6/c1-12(2,3)16(4,5)15-9-10-6-7-14-11(13)8-10;1-2/h6-8H,9H2,1-5H3,(H2,13,14);1-2H3. The quantitative estimate of drug-likeness (QED) is 0.835. The van der Waals surface area contributed by atoms with Crippen LogP contribution in [0.4, 0.5) is 5.82 Å². The van der Waals surface area contributed by atoms with Crippen molar-refractivity contribution in [1.29, 1.82) is 0 Å². The molecular weight excluding hydrogens is 240 g/mol. The summed E-state index contributed by atoms with van der Waals surface area (Å²) in [5.41, 5.74) is 6.72. The molecule has 0 amide bonds. The fourth-order valence-electron chi connectivity index (χ4n) is 1.06. The van der Waals surface area contributed by atoms with Crippen LogP contribution in [0, 0.1) is 0 Å². The highest BCUT2D eigenvalue weighted by molar-refractivity contribution is 6.74. The number of nitrogens with zero attached hydrogens (tertiary/aromatic N) is 1. The fourth-order valence-corrected chi connectivity index (χ4v) is 2.02. The number of rotatable bonds is 3. The smallest absolute Gasteiger partial charge is 0.192 e. The second kappa shape index (κ2) is 6.90. The number of nitrogens with two attached hydrogens (primary N) is 1. The van der Waals surface area contributed by atoms with Crippen LogP contribution in [0.2, 0.25) is 18.1 Å². The number of hydrogen-bond acceptors (Lipinski definition) is 3. The predicted molar refractivity (Wildman–Crippen MR) is 82.0 cm³/mol. The Hall–Kier alpha value is -0.873. The van der Waals surface area contributed by atoms with E-state index >= 15 is 0 Å². The van der Waals surface area contributed by atoms with E-state index in [1.807, 2.05) is 26.0 Å². The van der Waals surface area contributed by atoms with E-state index in [4.69, 9.17) is 10.2 Å². The van der Waals surface area contributed by atoms with Crippen molar-refractivity contribution in [2.75, 3.05) is 5.73 Å². The van der Waals surface area contributed by atoms with Gasteiger partial charge < -0.3 is 10.2 Å². The molecule has 104 valence electrons. The van der Waals surface area contributed by atoms with Crippen LogP contribution in [0.5, 0.6) is 0 Å². The van der Waals surface area contributed by atoms with Crippen LogP contribution in [0.3, 0.4) is 0 Å². The Morgan fingerprint density at radius 2 is 1.83 bits per heavy atom. The normalized spacial score (nSPS) is 11.7.